The second-order valence-electron chi connectivity index (χ2n) is 8.96. The van der Waals surface area contributed by atoms with E-state index in [1.807, 2.05) is 36.4 Å². The molecule has 3 aromatic carbocycles. The predicted molar refractivity (Wildman–Crippen MR) is 138 cm³/mol. The van der Waals surface area contributed by atoms with E-state index >= 15 is 8.22 Å². The molecule has 0 aliphatic heterocycles. The number of hydrogen-bond acceptors (Lipinski definition) is 0. The summed E-state index contributed by atoms with van der Waals surface area (Å²) >= 11 is -2.45. The monoisotopic (exact) mass is 514 g/mol. The van der Waals surface area contributed by atoms with Crippen LogP contribution >= 0.6 is 0 Å². The summed E-state index contributed by atoms with van der Waals surface area (Å²) in [4.78, 5) is 0. The Morgan fingerprint density at radius 1 is 0.600 bits per heavy atom. The fraction of sp³-hybridized carbons (Fsp3) is 0.250. The van der Waals surface area contributed by atoms with Gasteiger partial charge in [-0.3, -0.25) is 0 Å². The third kappa shape index (κ3) is 4.95. The molecule has 6 heteroatoms. The van der Waals surface area contributed by atoms with Gasteiger partial charge in [-0.1, -0.05) is 0 Å². The van der Waals surface area contributed by atoms with Crippen LogP contribution in [0, 0.1) is 0 Å². The van der Waals surface area contributed by atoms with Gasteiger partial charge in [0.25, 0.3) is 0 Å². The number of halogens is 2. The molecule has 3 rings (SSSR count). The molecular weight excluding hydrogens is 483 g/mol. The van der Waals surface area contributed by atoms with Gasteiger partial charge < -0.3 is 0 Å². The number of hydrogen-bond donors (Lipinski definition) is 0. The molecule has 0 nitrogen and oxygen atoms in total. The van der Waals surface area contributed by atoms with Crippen molar-refractivity contribution in [3.63, 3.8) is 0 Å². The minimum absolute atomic E-state index is 0.719. The Bertz CT molecular complexity index is 966. The molecule has 0 heterocycles. The van der Waals surface area contributed by atoms with Crippen molar-refractivity contribution in [3.8, 4) is 0 Å². The zero-order valence-corrected chi connectivity index (χ0v) is 23.8. The van der Waals surface area contributed by atoms with Crippen molar-refractivity contribution in [1.29, 1.82) is 0 Å². The van der Waals surface area contributed by atoms with Gasteiger partial charge in [-0.15, -0.1) is 0 Å². The summed E-state index contributed by atoms with van der Waals surface area (Å²) in [7, 11) is -6.81. The average Bonchev–Trinajstić information content (AvgIpc) is 2.68. The molecule has 0 saturated heterocycles. The van der Waals surface area contributed by atoms with Crippen LogP contribution in [0.15, 0.2) is 72.8 Å². The second kappa shape index (κ2) is 9.06. The fourth-order valence-corrected chi connectivity index (χ4v) is 20.5. The van der Waals surface area contributed by atoms with E-state index in [1.54, 1.807) is 26.2 Å². The normalized spacial score (nSPS) is 12.6. The molecule has 2 radical (unpaired) electrons. The van der Waals surface area contributed by atoms with E-state index in [2.05, 4.69) is 49.5 Å². The summed E-state index contributed by atoms with van der Waals surface area (Å²) in [6.07, 6.45) is 0. The Hall–Kier alpha value is -1.29. The molecular formula is C24H30F2GeSi3. The summed E-state index contributed by atoms with van der Waals surface area (Å²) in [6, 6.07) is 24.8. The molecule has 156 valence electrons. The first-order valence-electron chi connectivity index (χ1n) is 10.4. The first-order chi connectivity index (χ1) is 14.0. The van der Waals surface area contributed by atoms with Gasteiger partial charge in [0.05, 0.1) is 0 Å². The fourth-order valence-electron chi connectivity index (χ4n) is 4.01. The van der Waals surface area contributed by atoms with Crippen LogP contribution < -0.4 is 28.7 Å². The SMILES string of the molecule is C[Si](C)c1cccc[c]1[Ge]([c]1ccccc1[Si](C)(C)F)[c]1ccccc1[Si](C)(C)F. The molecule has 0 aromatic heterocycles. The number of rotatable bonds is 6. The molecule has 0 amide bonds. The average molecular weight is 513 g/mol. The summed E-state index contributed by atoms with van der Waals surface area (Å²) < 4.78 is 34.6. The molecule has 0 atom stereocenters. The predicted octanol–water partition coefficient (Wildman–Crippen LogP) is 2.93. The van der Waals surface area contributed by atoms with E-state index in [4.69, 9.17) is 0 Å². The van der Waals surface area contributed by atoms with Crippen LogP contribution in [-0.2, 0) is 0 Å². The van der Waals surface area contributed by atoms with Crippen molar-refractivity contribution in [2.75, 3.05) is 0 Å². The van der Waals surface area contributed by atoms with E-state index < -0.39 is 40.0 Å². The zero-order valence-electron chi connectivity index (χ0n) is 18.7. The van der Waals surface area contributed by atoms with Gasteiger partial charge >= 0.3 is 189 Å². The van der Waals surface area contributed by atoms with Crippen LogP contribution in [0.1, 0.15) is 0 Å². The molecule has 3 aromatic rings. The minimum atomic E-state index is -3.05. The van der Waals surface area contributed by atoms with Crippen LogP contribution in [0.5, 0.6) is 0 Å². The zero-order chi connectivity index (χ0) is 22.1. The Balaban J connectivity index is 2.41. The van der Waals surface area contributed by atoms with Crippen molar-refractivity contribution in [2.45, 2.75) is 39.3 Å². The van der Waals surface area contributed by atoms with Crippen molar-refractivity contribution in [1.82, 2.24) is 0 Å². The molecule has 0 fully saturated rings. The maximum atomic E-state index is 15.5. The van der Waals surface area contributed by atoms with Gasteiger partial charge in [-0.05, 0) is 0 Å². The van der Waals surface area contributed by atoms with E-state index in [0.717, 1.165) is 19.2 Å². The van der Waals surface area contributed by atoms with Crippen LogP contribution in [0.25, 0.3) is 0 Å². The molecule has 30 heavy (non-hydrogen) atoms. The van der Waals surface area contributed by atoms with Crippen molar-refractivity contribution < 1.29 is 8.22 Å². The Morgan fingerprint density at radius 3 is 1.37 bits per heavy atom. The van der Waals surface area contributed by atoms with Crippen LogP contribution in [0.4, 0.5) is 8.22 Å². The second-order valence-corrected chi connectivity index (χ2v) is 23.4. The van der Waals surface area contributed by atoms with E-state index in [9.17, 15) is 0 Å². The molecule has 0 spiro atoms. The standard InChI is InChI=1S/C24H30F2GeSi3/c1-28(2)22-16-10-7-13-19(22)27(20-14-8-11-17-23(20)29(3,4)25)21-15-9-12-18-24(21)30(5,6)26/h7-18H,1-6H3. The molecule has 0 saturated carbocycles. The van der Waals surface area contributed by atoms with Gasteiger partial charge in [0.1, 0.15) is 0 Å². The molecule has 0 N–H and O–H groups in total. The van der Waals surface area contributed by atoms with Gasteiger partial charge in [0.15, 0.2) is 0 Å². The van der Waals surface area contributed by atoms with Gasteiger partial charge in [0, 0.05) is 0 Å². The summed E-state index contributed by atoms with van der Waals surface area (Å²) in [6.45, 7) is 11.7. The summed E-state index contributed by atoms with van der Waals surface area (Å²) in [5.74, 6) is 0. The van der Waals surface area contributed by atoms with Crippen molar-refractivity contribution in [3.05, 3.63) is 72.8 Å². The van der Waals surface area contributed by atoms with E-state index in [1.165, 1.54) is 9.58 Å². The Kier molecular flexibility index (Phi) is 7.06. The molecule has 0 bridgehead atoms. The number of benzene rings is 3. The van der Waals surface area contributed by atoms with Crippen LogP contribution in [-0.4, -0.2) is 40.0 Å². The maximum absolute atomic E-state index is 15.5. The molecule has 0 aliphatic carbocycles. The molecule has 0 unspecified atom stereocenters. The van der Waals surface area contributed by atoms with Crippen LogP contribution in [0.3, 0.4) is 0 Å². The van der Waals surface area contributed by atoms with Crippen molar-refractivity contribution >= 4 is 68.7 Å². The third-order valence-corrected chi connectivity index (χ3v) is 18.1. The van der Waals surface area contributed by atoms with Gasteiger partial charge in [-0.2, -0.15) is 0 Å². The third-order valence-electron chi connectivity index (χ3n) is 5.41. The van der Waals surface area contributed by atoms with E-state index in [-0.39, 0.29) is 0 Å². The topological polar surface area (TPSA) is 0 Å². The Morgan fingerprint density at radius 2 is 0.967 bits per heavy atom. The first-order valence-corrected chi connectivity index (χ1v) is 21.8. The van der Waals surface area contributed by atoms with Gasteiger partial charge in [-0.25, -0.2) is 0 Å². The van der Waals surface area contributed by atoms with Crippen molar-refractivity contribution in [2.24, 2.45) is 0 Å². The Labute approximate surface area is 188 Å². The van der Waals surface area contributed by atoms with Gasteiger partial charge in [0.2, 0.25) is 0 Å². The first kappa shape index (κ1) is 23.4. The summed E-state index contributed by atoms with van der Waals surface area (Å²) in [5, 5.41) is 3.16. The summed E-state index contributed by atoms with van der Waals surface area (Å²) in [5.41, 5.74) is 0. The quantitative estimate of drug-likeness (QED) is 0.352. The molecule has 0 aliphatic rings. The van der Waals surface area contributed by atoms with Crippen LogP contribution in [0.2, 0.25) is 39.3 Å². The van der Waals surface area contributed by atoms with E-state index in [0.29, 0.717) is 0 Å².